The normalized spacial score (nSPS) is 11.1. The highest BCUT2D eigenvalue weighted by Crippen LogP contribution is 2.25. The maximum Gasteiger partial charge on any atom is 0.311 e. The Morgan fingerprint density at radius 2 is 2.05 bits per heavy atom. The summed E-state index contributed by atoms with van der Waals surface area (Å²) in [5.41, 5.74) is -1.15. The molecule has 0 saturated heterocycles. The van der Waals surface area contributed by atoms with Crippen molar-refractivity contribution in [3.05, 3.63) is 29.8 Å². The predicted octanol–water partition coefficient (Wildman–Crippen LogP) is 1.84. The van der Waals surface area contributed by atoms with Crippen molar-refractivity contribution >= 4 is 11.9 Å². The number of carboxylic acids is 1. The van der Waals surface area contributed by atoms with Gasteiger partial charge in [0.1, 0.15) is 0 Å². The lowest BCUT2D eigenvalue weighted by Crippen LogP contribution is -2.42. The molecule has 2 N–H and O–H groups in total. The SMILES string of the molecule is CCC(CC)(CNC(=O)c1ccncc1F)C(=O)O. The number of halogens is 1. The third kappa shape index (κ3) is 3.27. The second kappa shape index (κ2) is 6.26. The van der Waals surface area contributed by atoms with E-state index in [9.17, 15) is 19.1 Å². The van der Waals surface area contributed by atoms with E-state index < -0.39 is 23.1 Å². The van der Waals surface area contributed by atoms with Gasteiger partial charge in [-0.1, -0.05) is 13.8 Å². The van der Waals surface area contributed by atoms with Gasteiger partial charge in [0.05, 0.1) is 17.2 Å². The fourth-order valence-electron chi connectivity index (χ4n) is 1.78. The third-order valence-corrected chi connectivity index (χ3v) is 3.41. The molecule has 1 aromatic heterocycles. The van der Waals surface area contributed by atoms with Gasteiger partial charge in [0.15, 0.2) is 5.82 Å². The number of carbonyl (C=O) groups excluding carboxylic acids is 1. The topological polar surface area (TPSA) is 79.3 Å². The van der Waals surface area contributed by atoms with Crippen LogP contribution in [-0.4, -0.2) is 28.5 Å². The minimum Gasteiger partial charge on any atom is -0.481 e. The van der Waals surface area contributed by atoms with Crippen LogP contribution in [0.25, 0.3) is 0 Å². The van der Waals surface area contributed by atoms with E-state index in [1.165, 1.54) is 12.3 Å². The first kappa shape index (κ1) is 15.1. The van der Waals surface area contributed by atoms with Gasteiger partial charge >= 0.3 is 5.97 Å². The van der Waals surface area contributed by atoms with Gasteiger partial charge in [0.25, 0.3) is 5.91 Å². The van der Waals surface area contributed by atoms with E-state index in [1.54, 1.807) is 13.8 Å². The second-order valence-electron chi connectivity index (χ2n) is 4.33. The van der Waals surface area contributed by atoms with Crippen molar-refractivity contribution in [2.45, 2.75) is 26.7 Å². The van der Waals surface area contributed by atoms with Gasteiger partial charge in [-0.3, -0.25) is 14.6 Å². The molecule has 0 bridgehead atoms. The highest BCUT2D eigenvalue weighted by molar-refractivity contribution is 5.94. The summed E-state index contributed by atoms with van der Waals surface area (Å²) in [5.74, 6) is -2.32. The molecular weight excluding hydrogens is 251 g/mol. The van der Waals surface area contributed by atoms with Crippen LogP contribution < -0.4 is 5.32 Å². The van der Waals surface area contributed by atoms with Crippen molar-refractivity contribution in [3.63, 3.8) is 0 Å². The molecule has 1 amide bonds. The first-order valence-electron chi connectivity index (χ1n) is 6.08. The number of nitrogens with zero attached hydrogens (tertiary/aromatic N) is 1. The number of nitrogens with one attached hydrogen (secondary N) is 1. The van der Waals surface area contributed by atoms with E-state index in [0.717, 1.165) is 6.20 Å². The molecule has 0 aliphatic carbocycles. The van der Waals surface area contributed by atoms with Crippen molar-refractivity contribution in [3.8, 4) is 0 Å². The Balaban J connectivity index is 2.79. The molecule has 0 aliphatic heterocycles. The quantitative estimate of drug-likeness (QED) is 0.825. The Hall–Kier alpha value is -1.98. The summed E-state index contributed by atoms with van der Waals surface area (Å²) in [6, 6.07) is 1.25. The number of pyridine rings is 1. The molecule has 0 atom stereocenters. The maximum atomic E-state index is 13.3. The molecule has 0 unspecified atom stereocenters. The lowest BCUT2D eigenvalue weighted by atomic mass is 9.82. The van der Waals surface area contributed by atoms with Gasteiger partial charge < -0.3 is 10.4 Å². The molecule has 0 radical (unpaired) electrons. The zero-order valence-corrected chi connectivity index (χ0v) is 10.9. The number of hydrogen-bond donors (Lipinski definition) is 2. The molecule has 0 aliphatic rings. The monoisotopic (exact) mass is 268 g/mol. The summed E-state index contributed by atoms with van der Waals surface area (Å²) in [6.07, 6.45) is 3.02. The number of aromatic nitrogens is 1. The van der Waals surface area contributed by atoms with Crippen LogP contribution in [0.2, 0.25) is 0 Å². The van der Waals surface area contributed by atoms with Crippen molar-refractivity contribution in [1.82, 2.24) is 10.3 Å². The molecular formula is C13H17FN2O3. The summed E-state index contributed by atoms with van der Waals surface area (Å²) in [7, 11) is 0. The number of carboxylic acid groups (broad SMARTS) is 1. The van der Waals surface area contributed by atoms with Crippen LogP contribution in [0.15, 0.2) is 18.5 Å². The molecule has 104 valence electrons. The average Bonchev–Trinajstić information content (AvgIpc) is 2.40. The van der Waals surface area contributed by atoms with Crippen molar-refractivity contribution < 1.29 is 19.1 Å². The van der Waals surface area contributed by atoms with Crippen LogP contribution in [0.5, 0.6) is 0 Å². The molecule has 5 nitrogen and oxygen atoms in total. The fraction of sp³-hybridized carbons (Fsp3) is 0.462. The summed E-state index contributed by atoms with van der Waals surface area (Å²) < 4.78 is 13.3. The first-order valence-corrected chi connectivity index (χ1v) is 6.08. The van der Waals surface area contributed by atoms with E-state index in [1.807, 2.05) is 0 Å². The van der Waals surface area contributed by atoms with Gasteiger partial charge in [-0.25, -0.2) is 4.39 Å². The van der Waals surface area contributed by atoms with Gasteiger partial charge in [0.2, 0.25) is 0 Å². The van der Waals surface area contributed by atoms with Gasteiger partial charge in [-0.05, 0) is 18.9 Å². The number of aliphatic carboxylic acids is 1. The fourth-order valence-corrected chi connectivity index (χ4v) is 1.78. The molecule has 0 spiro atoms. The van der Waals surface area contributed by atoms with Crippen LogP contribution in [0.1, 0.15) is 37.0 Å². The summed E-state index contributed by atoms with van der Waals surface area (Å²) in [4.78, 5) is 26.6. The maximum absolute atomic E-state index is 13.3. The lowest BCUT2D eigenvalue weighted by Gasteiger charge is -2.26. The molecule has 1 aromatic rings. The standard InChI is InChI=1S/C13H17FN2O3/c1-3-13(4-2,12(18)19)8-16-11(17)9-5-6-15-7-10(9)14/h5-7H,3-4,8H2,1-2H3,(H,16,17)(H,18,19). The highest BCUT2D eigenvalue weighted by atomic mass is 19.1. The Labute approximate surface area is 110 Å². The number of hydrogen-bond acceptors (Lipinski definition) is 3. The zero-order valence-electron chi connectivity index (χ0n) is 10.9. The van der Waals surface area contributed by atoms with Crippen LogP contribution in [0.4, 0.5) is 4.39 Å². The van der Waals surface area contributed by atoms with Crippen LogP contribution in [0.3, 0.4) is 0 Å². The predicted molar refractivity (Wildman–Crippen MR) is 67.2 cm³/mol. The smallest absolute Gasteiger partial charge is 0.311 e. The minimum atomic E-state index is -1.01. The van der Waals surface area contributed by atoms with Gasteiger partial charge in [-0.2, -0.15) is 0 Å². The molecule has 1 rings (SSSR count). The Morgan fingerprint density at radius 3 is 2.53 bits per heavy atom. The van der Waals surface area contributed by atoms with E-state index in [-0.39, 0.29) is 12.1 Å². The summed E-state index contributed by atoms with van der Waals surface area (Å²) in [6.45, 7) is 3.46. The Kier molecular flexibility index (Phi) is 4.97. The van der Waals surface area contributed by atoms with Crippen molar-refractivity contribution in [1.29, 1.82) is 0 Å². The third-order valence-electron chi connectivity index (χ3n) is 3.41. The van der Waals surface area contributed by atoms with E-state index in [0.29, 0.717) is 12.8 Å². The molecule has 6 heteroatoms. The van der Waals surface area contributed by atoms with E-state index in [4.69, 9.17) is 0 Å². The molecule has 1 heterocycles. The number of rotatable bonds is 6. The van der Waals surface area contributed by atoms with Gasteiger partial charge in [-0.15, -0.1) is 0 Å². The van der Waals surface area contributed by atoms with Crippen LogP contribution >= 0.6 is 0 Å². The lowest BCUT2D eigenvalue weighted by molar-refractivity contribution is -0.149. The zero-order chi connectivity index (χ0) is 14.5. The van der Waals surface area contributed by atoms with E-state index in [2.05, 4.69) is 10.3 Å². The van der Waals surface area contributed by atoms with Crippen molar-refractivity contribution in [2.24, 2.45) is 5.41 Å². The molecule has 0 aromatic carbocycles. The molecule has 0 saturated carbocycles. The molecule has 19 heavy (non-hydrogen) atoms. The van der Waals surface area contributed by atoms with Crippen molar-refractivity contribution in [2.75, 3.05) is 6.54 Å². The van der Waals surface area contributed by atoms with E-state index >= 15 is 0 Å². The number of carbonyl (C=O) groups is 2. The van der Waals surface area contributed by atoms with Crippen LogP contribution in [-0.2, 0) is 4.79 Å². The highest BCUT2D eigenvalue weighted by Gasteiger charge is 2.35. The minimum absolute atomic E-state index is 0.0318. The van der Waals surface area contributed by atoms with Crippen LogP contribution in [0, 0.1) is 11.2 Å². The Morgan fingerprint density at radius 1 is 1.42 bits per heavy atom. The largest absolute Gasteiger partial charge is 0.481 e. The summed E-state index contributed by atoms with van der Waals surface area (Å²) in [5, 5.41) is 11.7. The second-order valence-corrected chi connectivity index (χ2v) is 4.33. The van der Waals surface area contributed by atoms with Gasteiger partial charge in [0, 0.05) is 12.7 Å². The summed E-state index contributed by atoms with van der Waals surface area (Å²) >= 11 is 0. The first-order chi connectivity index (χ1) is 8.96. The number of amides is 1. The average molecular weight is 268 g/mol. The molecule has 0 fully saturated rings. The Bertz CT molecular complexity index is 473.